The third-order valence-electron chi connectivity index (χ3n) is 4.68. The van der Waals surface area contributed by atoms with Crippen molar-refractivity contribution in [3.63, 3.8) is 0 Å². The van der Waals surface area contributed by atoms with Gasteiger partial charge >= 0.3 is 0 Å². The Balaban J connectivity index is 1.39. The normalized spacial score (nSPS) is 13.4. The number of hydrogen-bond acceptors (Lipinski definition) is 7. The number of aromatic nitrogens is 4. The minimum atomic E-state index is -3.77. The summed E-state index contributed by atoms with van der Waals surface area (Å²) in [6.45, 7) is 2.66. The number of benzene rings is 2. The van der Waals surface area contributed by atoms with E-state index in [9.17, 15) is 8.42 Å². The van der Waals surface area contributed by atoms with Crippen LogP contribution in [0.1, 0.15) is 5.82 Å². The first-order chi connectivity index (χ1) is 14.5. The summed E-state index contributed by atoms with van der Waals surface area (Å²) in [5, 5.41) is 12.5. The number of nitrogens with zero attached hydrogens (tertiary/aromatic N) is 4. The monoisotopic (exact) mass is 423 g/mol. The van der Waals surface area contributed by atoms with Gasteiger partial charge in [0.2, 0.25) is 0 Å². The fraction of sp³-hybridized carbons (Fsp3) is 0.150. The summed E-state index contributed by atoms with van der Waals surface area (Å²) in [6.07, 6.45) is 0. The van der Waals surface area contributed by atoms with Crippen LogP contribution in [0, 0.1) is 6.92 Å². The number of hydrogen-bond donors (Lipinski definition) is 1. The molecule has 10 heteroatoms. The summed E-state index contributed by atoms with van der Waals surface area (Å²) in [4.78, 5) is 0.103. The van der Waals surface area contributed by atoms with Gasteiger partial charge in [-0.1, -0.05) is 12.1 Å². The van der Waals surface area contributed by atoms with Crippen LogP contribution < -0.4 is 14.2 Å². The summed E-state index contributed by atoms with van der Waals surface area (Å²) in [6, 6.07) is 15.2. The first-order valence-electron chi connectivity index (χ1n) is 9.22. The molecule has 0 bridgehead atoms. The second-order valence-electron chi connectivity index (χ2n) is 6.72. The van der Waals surface area contributed by atoms with Crippen molar-refractivity contribution in [2.45, 2.75) is 11.8 Å². The number of ether oxygens (including phenoxy) is 2. The van der Waals surface area contributed by atoms with Gasteiger partial charge in [0.25, 0.3) is 10.0 Å². The van der Waals surface area contributed by atoms with Gasteiger partial charge in [0.15, 0.2) is 23.0 Å². The Labute approximate surface area is 172 Å². The highest BCUT2D eigenvalue weighted by molar-refractivity contribution is 7.92. The van der Waals surface area contributed by atoms with Crippen LogP contribution in [0.15, 0.2) is 59.5 Å². The number of nitrogens with one attached hydrogen (secondary N) is 1. The van der Waals surface area contributed by atoms with Crippen LogP contribution in [-0.4, -0.2) is 41.4 Å². The van der Waals surface area contributed by atoms with Gasteiger partial charge in [-0.3, -0.25) is 4.72 Å². The van der Waals surface area contributed by atoms with Crippen LogP contribution in [-0.2, 0) is 10.0 Å². The molecule has 3 heterocycles. The van der Waals surface area contributed by atoms with E-state index in [1.165, 1.54) is 12.1 Å². The highest BCUT2D eigenvalue weighted by Gasteiger charge is 2.19. The molecule has 2 aromatic carbocycles. The zero-order valence-electron chi connectivity index (χ0n) is 15.9. The maximum Gasteiger partial charge on any atom is 0.262 e. The molecule has 1 N–H and O–H groups in total. The Morgan fingerprint density at radius 3 is 2.50 bits per heavy atom. The zero-order valence-corrected chi connectivity index (χ0v) is 16.8. The molecule has 0 aliphatic carbocycles. The van der Waals surface area contributed by atoms with Gasteiger partial charge in [0.1, 0.15) is 13.2 Å². The predicted octanol–water partition coefficient (Wildman–Crippen LogP) is 2.67. The summed E-state index contributed by atoms with van der Waals surface area (Å²) in [5.74, 6) is 1.65. The van der Waals surface area contributed by atoms with E-state index in [0.29, 0.717) is 41.9 Å². The Hall–Kier alpha value is -3.66. The average Bonchev–Trinajstić information content (AvgIpc) is 3.14. The van der Waals surface area contributed by atoms with Crippen LogP contribution in [0.25, 0.3) is 16.9 Å². The van der Waals surface area contributed by atoms with E-state index in [-0.39, 0.29) is 4.90 Å². The standard InChI is InChI=1S/C20H17N5O4S/c1-13-21-22-20-9-7-17(23-25(13)20)14-2-4-15(5-3-14)24-30(26,27)16-6-8-18-19(12-16)29-11-10-28-18/h2-9,12,24H,10-11H2,1H3. The van der Waals surface area contributed by atoms with Crippen molar-refractivity contribution < 1.29 is 17.9 Å². The van der Waals surface area contributed by atoms with Crippen LogP contribution in [0.3, 0.4) is 0 Å². The van der Waals surface area contributed by atoms with Crippen LogP contribution in [0.2, 0.25) is 0 Å². The van der Waals surface area contributed by atoms with Crippen molar-refractivity contribution >= 4 is 21.4 Å². The number of aryl methyl sites for hydroxylation is 1. The van der Waals surface area contributed by atoms with Crippen molar-refractivity contribution in [1.82, 2.24) is 19.8 Å². The third-order valence-corrected chi connectivity index (χ3v) is 6.05. The van der Waals surface area contributed by atoms with Crippen LogP contribution in [0.5, 0.6) is 11.5 Å². The van der Waals surface area contributed by atoms with Gasteiger partial charge in [-0.2, -0.15) is 9.61 Å². The van der Waals surface area contributed by atoms with Crippen molar-refractivity contribution in [3.05, 3.63) is 60.4 Å². The van der Waals surface area contributed by atoms with E-state index >= 15 is 0 Å². The molecule has 0 amide bonds. The lowest BCUT2D eigenvalue weighted by atomic mass is 10.1. The molecule has 1 aliphatic rings. The highest BCUT2D eigenvalue weighted by atomic mass is 32.2. The van der Waals surface area contributed by atoms with E-state index in [1.54, 1.807) is 34.8 Å². The van der Waals surface area contributed by atoms with E-state index in [4.69, 9.17) is 9.47 Å². The quantitative estimate of drug-likeness (QED) is 0.538. The zero-order chi connectivity index (χ0) is 20.7. The van der Waals surface area contributed by atoms with Gasteiger partial charge in [0.05, 0.1) is 10.6 Å². The molecule has 0 saturated heterocycles. The van der Waals surface area contributed by atoms with Crippen molar-refractivity contribution in [1.29, 1.82) is 0 Å². The number of fused-ring (bicyclic) bond motifs is 2. The van der Waals surface area contributed by atoms with Crippen molar-refractivity contribution in [2.75, 3.05) is 17.9 Å². The molecule has 4 aromatic rings. The molecule has 152 valence electrons. The van der Waals surface area contributed by atoms with E-state index < -0.39 is 10.0 Å². The molecule has 0 radical (unpaired) electrons. The number of rotatable bonds is 4. The number of anilines is 1. The Bertz CT molecular complexity index is 1350. The molecule has 0 spiro atoms. The summed E-state index contributed by atoms with van der Waals surface area (Å²) < 4.78 is 40.7. The maximum absolute atomic E-state index is 12.8. The van der Waals surface area contributed by atoms with Gasteiger partial charge in [-0.05, 0) is 43.3 Å². The molecule has 5 rings (SSSR count). The predicted molar refractivity (Wildman–Crippen MR) is 109 cm³/mol. The molecule has 2 aromatic heterocycles. The Morgan fingerprint density at radius 2 is 1.70 bits per heavy atom. The third kappa shape index (κ3) is 3.30. The molecule has 0 atom stereocenters. The highest BCUT2D eigenvalue weighted by Crippen LogP contribution is 2.33. The Kier molecular flexibility index (Phi) is 4.28. The lowest BCUT2D eigenvalue weighted by Gasteiger charge is -2.19. The number of sulfonamides is 1. The maximum atomic E-state index is 12.8. The minimum Gasteiger partial charge on any atom is -0.486 e. The van der Waals surface area contributed by atoms with Crippen molar-refractivity contribution in [3.8, 4) is 22.8 Å². The second kappa shape index (κ2) is 6.99. The van der Waals surface area contributed by atoms with Crippen LogP contribution in [0.4, 0.5) is 5.69 Å². The minimum absolute atomic E-state index is 0.103. The van der Waals surface area contributed by atoms with Gasteiger partial charge in [0, 0.05) is 17.3 Å². The average molecular weight is 423 g/mol. The van der Waals surface area contributed by atoms with Crippen LogP contribution >= 0.6 is 0 Å². The molecule has 0 unspecified atom stereocenters. The molecule has 0 fully saturated rings. The fourth-order valence-electron chi connectivity index (χ4n) is 3.16. The summed E-state index contributed by atoms with van der Waals surface area (Å²) in [5.41, 5.74) is 2.68. The van der Waals surface area contributed by atoms with E-state index in [0.717, 1.165) is 11.3 Å². The van der Waals surface area contributed by atoms with Gasteiger partial charge < -0.3 is 9.47 Å². The van der Waals surface area contributed by atoms with Gasteiger partial charge in [-0.15, -0.1) is 10.2 Å². The molecule has 30 heavy (non-hydrogen) atoms. The summed E-state index contributed by atoms with van der Waals surface area (Å²) >= 11 is 0. The second-order valence-corrected chi connectivity index (χ2v) is 8.41. The summed E-state index contributed by atoms with van der Waals surface area (Å²) in [7, 11) is -3.77. The largest absolute Gasteiger partial charge is 0.486 e. The molecule has 1 aliphatic heterocycles. The Morgan fingerprint density at radius 1 is 0.933 bits per heavy atom. The molecular formula is C20H17N5O4S. The first-order valence-corrected chi connectivity index (χ1v) is 10.7. The lowest BCUT2D eigenvalue weighted by molar-refractivity contribution is 0.171. The molecular weight excluding hydrogens is 406 g/mol. The van der Waals surface area contributed by atoms with Gasteiger partial charge in [-0.25, -0.2) is 8.42 Å². The SMILES string of the molecule is Cc1nnc2ccc(-c3ccc(NS(=O)(=O)c4ccc5c(c4)OCCO5)cc3)nn12. The first kappa shape index (κ1) is 18.4. The van der Waals surface area contributed by atoms with Crippen molar-refractivity contribution in [2.24, 2.45) is 0 Å². The molecule has 0 saturated carbocycles. The van der Waals surface area contributed by atoms with E-state index in [1.807, 2.05) is 19.1 Å². The van der Waals surface area contributed by atoms with E-state index in [2.05, 4.69) is 20.0 Å². The smallest absolute Gasteiger partial charge is 0.262 e. The fourth-order valence-corrected chi connectivity index (χ4v) is 4.24. The topological polar surface area (TPSA) is 108 Å². The lowest BCUT2D eigenvalue weighted by Crippen LogP contribution is -2.17. The molecule has 9 nitrogen and oxygen atoms in total.